The number of carbonyl (C=O) groups is 1. The van der Waals surface area contributed by atoms with Gasteiger partial charge in [0.25, 0.3) is 0 Å². The van der Waals surface area contributed by atoms with E-state index in [0.717, 1.165) is 17.7 Å². The predicted molar refractivity (Wildman–Crippen MR) is 98.6 cm³/mol. The molecule has 6 heteroatoms. The maximum atomic E-state index is 12.2. The summed E-state index contributed by atoms with van der Waals surface area (Å²) < 4.78 is 2.08. The molecule has 1 fully saturated rings. The lowest BCUT2D eigenvalue weighted by Crippen LogP contribution is -2.37. The summed E-state index contributed by atoms with van der Waals surface area (Å²) in [5.41, 5.74) is 2.21. The number of pyridine rings is 1. The van der Waals surface area contributed by atoms with Crippen LogP contribution in [-0.2, 0) is 6.42 Å². The average molecular weight is 341 g/mol. The fourth-order valence-electron chi connectivity index (χ4n) is 3.54. The van der Waals surface area contributed by atoms with Crippen molar-refractivity contribution in [3.05, 3.63) is 41.9 Å². The zero-order valence-corrected chi connectivity index (χ0v) is 15.0. The number of aryl methyl sites for hydroxylation is 1. The van der Waals surface area contributed by atoms with Gasteiger partial charge in [0.1, 0.15) is 0 Å². The van der Waals surface area contributed by atoms with Crippen LogP contribution in [0.2, 0.25) is 0 Å². The predicted octanol–water partition coefficient (Wildman–Crippen LogP) is 3.84. The average Bonchev–Trinajstić information content (AvgIpc) is 2.96. The molecule has 2 aromatic heterocycles. The molecule has 0 bridgehead atoms. The highest BCUT2D eigenvalue weighted by atomic mass is 16.2. The van der Waals surface area contributed by atoms with Gasteiger partial charge >= 0.3 is 6.03 Å². The highest BCUT2D eigenvalue weighted by Crippen LogP contribution is 2.29. The van der Waals surface area contributed by atoms with Crippen LogP contribution >= 0.6 is 0 Å². The molecule has 1 atom stereocenters. The topological polar surface area (TPSA) is 71.8 Å². The molecule has 6 nitrogen and oxygen atoms in total. The summed E-state index contributed by atoms with van der Waals surface area (Å²) in [4.78, 5) is 16.3. The van der Waals surface area contributed by atoms with Gasteiger partial charge in [0.2, 0.25) is 0 Å². The van der Waals surface area contributed by atoms with E-state index in [0.29, 0.717) is 11.9 Å². The van der Waals surface area contributed by atoms with Gasteiger partial charge in [-0.25, -0.2) is 4.79 Å². The third-order valence-corrected chi connectivity index (χ3v) is 4.73. The van der Waals surface area contributed by atoms with Crippen molar-refractivity contribution >= 4 is 11.8 Å². The highest BCUT2D eigenvalue weighted by Gasteiger charge is 2.19. The van der Waals surface area contributed by atoms with Crippen LogP contribution in [0, 0.1) is 6.92 Å². The van der Waals surface area contributed by atoms with Gasteiger partial charge in [0, 0.05) is 30.2 Å². The minimum absolute atomic E-state index is 0.0192. The lowest BCUT2D eigenvalue weighted by Gasteiger charge is -2.23. The number of amides is 2. The maximum Gasteiger partial charge on any atom is 0.320 e. The molecule has 2 heterocycles. The van der Waals surface area contributed by atoms with Gasteiger partial charge in [-0.2, -0.15) is 5.10 Å². The largest absolute Gasteiger partial charge is 0.335 e. The summed E-state index contributed by atoms with van der Waals surface area (Å²) in [7, 11) is 0. The molecule has 1 aliphatic rings. The Morgan fingerprint density at radius 1 is 1.36 bits per heavy atom. The first-order chi connectivity index (χ1) is 12.1. The Morgan fingerprint density at radius 3 is 2.88 bits per heavy atom. The van der Waals surface area contributed by atoms with Crippen molar-refractivity contribution in [2.45, 2.75) is 64.5 Å². The fraction of sp³-hybridized carbons (Fsp3) is 0.526. The zero-order chi connectivity index (χ0) is 17.6. The third kappa shape index (κ3) is 4.81. The molecule has 0 saturated heterocycles. The first-order valence-electron chi connectivity index (χ1n) is 9.14. The van der Waals surface area contributed by atoms with E-state index in [1.807, 2.05) is 31.3 Å². The van der Waals surface area contributed by atoms with Crippen molar-refractivity contribution < 1.29 is 4.79 Å². The first-order valence-corrected chi connectivity index (χ1v) is 9.14. The van der Waals surface area contributed by atoms with Gasteiger partial charge in [0.15, 0.2) is 5.82 Å². The molecule has 3 rings (SSSR count). The fourth-order valence-corrected chi connectivity index (χ4v) is 3.54. The van der Waals surface area contributed by atoms with E-state index < -0.39 is 0 Å². The van der Waals surface area contributed by atoms with Crippen molar-refractivity contribution in [1.29, 1.82) is 0 Å². The Balaban J connectivity index is 1.54. The van der Waals surface area contributed by atoms with Gasteiger partial charge in [-0.05, 0) is 44.7 Å². The lowest BCUT2D eigenvalue weighted by atomic mass is 9.95. The summed E-state index contributed by atoms with van der Waals surface area (Å²) in [5, 5.41) is 10.4. The molecule has 25 heavy (non-hydrogen) atoms. The third-order valence-electron chi connectivity index (χ3n) is 4.73. The number of urea groups is 1. The highest BCUT2D eigenvalue weighted by molar-refractivity contribution is 5.88. The molecular weight excluding hydrogens is 314 g/mol. The van der Waals surface area contributed by atoms with Crippen LogP contribution in [0.4, 0.5) is 10.6 Å². The lowest BCUT2D eigenvalue weighted by molar-refractivity contribution is 0.249. The number of hydrogen-bond donors (Lipinski definition) is 2. The quantitative estimate of drug-likeness (QED) is 0.868. The number of anilines is 1. The molecule has 1 unspecified atom stereocenters. The van der Waals surface area contributed by atoms with Crippen LogP contribution in [0.25, 0.3) is 0 Å². The number of rotatable bonds is 5. The van der Waals surface area contributed by atoms with E-state index in [-0.39, 0.29) is 12.1 Å². The molecule has 2 amide bonds. The minimum atomic E-state index is -0.218. The number of nitrogens with one attached hydrogen (secondary N) is 2. The van der Waals surface area contributed by atoms with E-state index >= 15 is 0 Å². The SMILES string of the molecule is Cc1cc(NC(=O)NC(C)Cc2cccnc2)nn1C1CCCCC1. The second-order valence-corrected chi connectivity index (χ2v) is 6.97. The number of nitrogens with zero attached hydrogens (tertiary/aromatic N) is 3. The Kier molecular flexibility index (Phi) is 5.68. The molecule has 134 valence electrons. The van der Waals surface area contributed by atoms with Crippen LogP contribution in [0.5, 0.6) is 0 Å². The Hall–Kier alpha value is -2.37. The van der Waals surface area contributed by atoms with Crippen molar-refractivity contribution in [3.8, 4) is 0 Å². The van der Waals surface area contributed by atoms with Crippen molar-refractivity contribution in [1.82, 2.24) is 20.1 Å². The number of hydrogen-bond acceptors (Lipinski definition) is 3. The summed E-state index contributed by atoms with van der Waals surface area (Å²) >= 11 is 0. The molecule has 0 aliphatic heterocycles. The Morgan fingerprint density at radius 2 is 2.16 bits per heavy atom. The van der Waals surface area contributed by atoms with E-state index in [4.69, 9.17) is 0 Å². The van der Waals surface area contributed by atoms with Crippen LogP contribution < -0.4 is 10.6 Å². The Labute approximate surface area is 149 Å². The van der Waals surface area contributed by atoms with E-state index in [1.165, 1.54) is 32.1 Å². The van der Waals surface area contributed by atoms with Crippen LogP contribution in [0.15, 0.2) is 30.6 Å². The van der Waals surface area contributed by atoms with Gasteiger partial charge in [-0.3, -0.25) is 15.0 Å². The second-order valence-electron chi connectivity index (χ2n) is 6.97. The van der Waals surface area contributed by atoms with Crippen molar-refractivity contribution in [2.75, 3.05) is 5.32 Å². The smallest absolute Gasteiger partial charge is 0.320 e. The van der Waals surface area contributed by atoms with Gasteiger partial charge in [0.05, 0.1) is 6.04 Å². The Bertz CT molecular complexity index is 691. The maximum absolute atomic E-state index is 12.2. The van der Waals surface area contributed by atoms with E-state index in [1.54, 1.807) is 6.20 Å². The summed E-state index contributed by atoms with van der Waals surface area (Å²) in [6, 6.07) is 6.13. The van der Waals surface area contributed by atoms with E-state index in [2.05, 4.69) is 32.3 Å². The van der Waals surface area contributed by atoms with Crippen LogP contribution in [0.1, 0.15) is 56.3 Å². The van der Waals surface area contributed by atoms with Gasteiger partial charge in [-0.15, -0.1) is 0 Å². The van der Waals surface area contributed by atoms with Crippen LogP contribution in [-0.4, -0.2) is 26.8 Å². The summed E-state index contributed by atoms with van der Waals surface area (Å²) in [5.74, 6) is 0.620. The molecule has 0 radical (unpaired) electrons. The van der Waals surface area contributed by atoms with Gasteiger partial charge < -0.3 is 5.32 Å². The molecule has 0 spiro atoms. The van der Waals surface area contributed by atoms with Crippen molar-refractivity contribution in [3.63, 3.8) is 0 Å². The summed E-state index contributed by atoms with van der Waals surface area (Å²) in [6.07, 6.45) is 10.5. The molecular formula is C19H27N5O. The summed E-state index contributed by atoms with van der Waals surface area (Å²) in [6.45, 7) is 4.04. The number of carbonyl (C=O) groups excluding carboxylic acids is 1. The zero-order valence-electron chi connectivity index (χ0n) is 15.0. The second kappa shape index (κ2) is 8.14. The normalized spacial score (nSPS) is 16.4. The number of aromatic nitrogens is 3. The molecule has 1 saturated carbocycles. The van der Waals surface area contributed by atoms with E-state index in [9.17, 15) is 4.79 Å². The van der Waals surface area contributed by atoms with Gasteiger partial charge in [-0.1, -0.05) is 25.3 Å². The minimum Gasteiger partial charge on any atom is -0.335 e. The first kappa shape index (κ1) is 17.5. The monoisotopic (exact) mass is 341 g/mol. The molecule has 2 aromatic rings. The molecule has 2 N–H and O–H groups in total. The molecule has 1 aliphatic carbocycles. The van der Waals surface area contributed by atoms with Crippen molar-refractivity contribution in [2.24, 2.45) is 0 Å². The van der Waals surface area contributed by atoms with Crippen LogP contribution in [0.3, 0.4) is 0 Å². The molecule has 0 aromatic carbocycles. The standard InChI is InChI=1S/C19H27N5O/c1-14(11-16-7-6-10-20-13-16)21-19(25)22-18-12-15(2)24(23-18)17-8-4-3-5-9-17/h6-7,10,12-14,17H,3-5,8-9,11H2,1-2H3,(H2,21,22,23,25).